The third-order valence-electron chi connectivity index (χ3n) is 1.35. The molecule has 3 nitrogen and oxygen atoms in total. The first-order chi connectivity index (χ1) is 5.22. The Labute approximate surface area is 66.1 Å². The van der Waals surface area contributed by atoms with Gasteiger partial charge in [-0.1, -0.05) is 13.8 Å². The van der Waals surface area contributed by atoms with Crippen LogP contribution in [0, 0.1) is 5.92 Å². The molecule has 1 aromatic heterocycles. The highest BCUT2D eigenvalue weighted by Crippen LogP contribution is 2.09. The summed E-state index contributed by atoms with van der Waals surface area (Å²) < 4.78 is 5.18. The molecule has 0 unspecified atom stereocenters. The zero-order chi connectivity index (χ0) is 8.27. The normalized spacial score (nSPS) is 10.9. The minimum Gasteiger partial charge on any atom is -0.443 e. The summed E-state index contributed by atoms with van der Waals surface area (Å²) in [5.41, 5.74) is 0. The van der Waals surface area contributed by atoms with Crippen LogP contribution in [-0.2, 0) is 13.0 Å². The number of aliphatic hydroxyl groups excluding tert-OH is 1. The summed E-state index contributed by atoms with van der Waals surface area (Å²) in [4.78, 5) is 3.87. The van der Waals surface area contributed by atoms with Gasteiger partial charge in [0.2, 0.25) is 5.89 Å². The molecule has 0 spiro atoms. The number of aromatic nitrogens is 1. The van der Waals surface area contributed by atoms with Gasteiger partial charge in [-0.15, -0.1) is 0 Å². The summed E-state index contributed by atoms with van der Waals surface area (Å²) >= 11 is 0. The molecule has 0 aliphatic heterocycles. The largest absolute Gasteiger partial charge is 0.443 e. The molecule has 3 heteroatoms. The minimum absolute atomic E-state index is 0.113. The van der Waals surface area contributed by atoms with Crippen LogP contribution in [0.3, 0.4) is 0 Å². The fraction of sp³-hybridized carbons (Fsp3) is 0.625. The van der Waals surface area contributed by atoms with Gasteiger partial charge in [0.05, 0.1) is 6.20 Å². The van der Waals surface area contributed by atoms with Gasteiger partial charge >= 0.3 is 0 Å². The van der Waals surface area contributed by atoms with Crippen LogP contribution in [0.4, 0.5) is 0 Å². The third-order valence-corrected chi connectivity index (χ3v) is 1.35. The maximum absolute atomic E-state index is 8.63. The molecule has 0 atom stereocenters. The molecule has 11 heavy (non-hydrogen) atoms. The van der Waals surface area contributed by atoms with Crippen molar-refractivity contribution in [1.82, 2.24) is 4.98 Å². The van der Waals surface area contributed by atoms with Gasteiger partial charge in [-0.05, 0) is 5.92 Å². The average Bonchev–Trinajstić information content (AvgIpc) is 2.34. The van der Waals surface area contributed by atoms with Gasteiger partial charge in [0.25, 0.3) is 0 Å². The third kappa shape index (κ3) is 2.35. The van der Waals surface area contributed by atoms with E-state index in [1.54, 1.807) is 6.20 Å². The lowest BCUT2D eigenvalue weighted by molar-refractivity contribution is 0.235. The van der Waals surface area contributed by atoms with Crippen LogP contribution in [0.1, 0.15) is 25.5 Å². The highest BCUT2D eigenvalue weighted by molar-refractivity contribution is 4.93. The van der Waals surface area contributed by atoms with E-state index in [1.807, 2.05) is 0 Å². The highest BCUT2D eigenvalue weighted by atomic mass is 16.4. The average molecular weight is 155 g/mol. The molecular formula is C8H13NO2. The topological polar surface area (TPSA) is 46.3 Å². The van der Waals surface area contributed by atoms with Crippen LogP contribution >= 0.6 is 0 Å². The molecule has 1 N–H and O–H groups in total. The van der Waals surface area contributed by atoms with Gasteiger partial charge in [-0.25, -0.2) is 4.98 Å². The second kappa shape index (κ2) is 3.53. The van der Waals surface area contributed by atoms with Crippen LogP contribution in [0.25, 0.3) is 0 Å². The van der Waals surface area contributed by atoms with Crippen LogP contribution in [0.15, 0.2) is 10.6 Å². The number of nitrogens with zero attached hydrogens (tertiary/aromatic N) is 1. The molecule has 0 saturated carbocycles. The van der Waals surface area contributed by atoms with E-state index in [0.717, 1.165) is 12.2 Å². The second-order valence-electron chi connectivity index (χ2n) is 2.98. The van der Waals surface area contributed by atoms with Crippen molar-refractivity contribution in [2.45, 2.75) is 26.9 Å². The van der Waals surface area contributed by atoms with Crippen LogP contribution in [-0.4, -0.2) is 10.1 Å². The van der Waals surface area contributed by atoms with Crippen molar-refractivity contribution in [3.63, 3.8) is 0 Å². The summed E-state index contributed by atoms with van der Waals surface area (Å²) in [7, 11) is 0. The Morgan fingerprint density at radius 3 is 2.82 bits per heavy atom. The molecule has 0 aliphatic rings. The molecule has 0 radical (unpaired) electrons. The number of hydrogen-bond donors (Lipinski definition) is 1. The summed E-state index contributed by atoms with van der Waals surface area (Å²) in [6.45, 7) is 4.11. The number of hydrogen-bond acceptors (Lipinski definition) is 3. The van der Waals surface area contributed by atoms with Gasteiger partial charge in [-0.2, -0.15) is 0 Å². The van der Waals surface area contributed by atoms with Crippen LogP contribution in [0.5, 0.6) is 0 Å². The van der Waals surface area contributed by atoms with E-state index in [9.17, 15) is 0 Å². The Hall–Kier alpha value is -0.830. The Morgan fingerprint density at radius 2 is 2.36 bits per heavy atom. The van der Waals surface area contributed by atoms with Crippen LogP contribution in [0.2, 0.25) is 0 Å². The molecular weight excluding hydrogens is 142 g/mol. The zero-order valence-corrected chi connectivity index (χ0v) is 6.87. The maximum atomic E-state index is 8.63. The Bertz CT molecular complexity index is 218. The van der Waals surface area contributed by atoms with Crippen molar-refractivity contribution in [2.75, 3.05) is 0 Å². The van der Waals surface area contributed by atoms with Gasteiger partial charge in [-0.3, -0.25) is 0 Å². The zero-order valence-electron chi connectivity index (χ0n) is 6.87. The Kier molecular flexibility index (Phi) is 2.65. The van der Waals surface area contributed by atoms with Crippen molar-refractivity contribution >= 4 is 0 Å². The summed E-state index contributed by atoms with van der Waals surface area (Å²) in [6, 6.07) is 0. The van der Waals surface area contributed by atoms with Gasteiger partial charge in [0.15, 0.2) is 0 Å². The van der Waals surface area contributed by atoms with E-state index in [-0.39, 0.29) is 6.61 Å². The van der Waals surface area contributed by atoms with Crippen LogP contribution < -0.4 is 0 Å². The van der Waals surface area contributed by atoms with Crippen molar-refractivity contribution in [2.24, 2.45) is 5.92 Å². The molecule has 62 valence electrons. The molecule has 0 amide bonds. The van der Waals surface area contributed by atoms with E-state index in [2.05, 4.69) is 18.8 Å². The molecule has 0 aliphatic carbocycles. The molecule has 0 aromatic carbocycles. The number of aliphatic hydroxyl groups is 1. The smallest absolute Gasteiger partial charge is 0.220 e. The highest BCUT2D eigenvalue weighted by Gasteiger charge is 2.03. The van der Waals surface area contributed by atoms with E-state index < -0.39 is 0 Å². The number of oxazole rings is 1. The maximum Gasteiger partial charge on any atom is 0.220 e. The van der Waals surface area contributed by atoms with Crippen molar-refractivity contribution < 1.29 is 9.52 Å². The van der Waals surface area contributed by atoms with Crippen molar-refractivity contribution in [3.8, 4) is 0 Å². The summed E-state index contributed by atoms with van der Waals surface area (Å²) in [5, 5.41) is 8.63. The lowest BCUT2D eigenvalue weighted by atomic mass is 10.1. The fourth-order valence-electron chi connectivity index (χ4n) is 0.918. The minimum atomic E-state index is -0.113. The van der Waals surface area contributed by atoms with Gasteiger partial charge < -0.3 is 9.52 Å². The molecule has 0 fully saturated rings. The number of rotatable bonds is 3. The first kappa shape index (κ1) is 8.27. The summed E-state index contributed by atoms with van der Waals surface area (Å²) in [5.74, 6) is 1.82. The molecule has 1 rings (SSSR count). The Balaban J connectivity index is 2.58. The van der Waals surface area contributed by atoms with E-state index in [4.69, 9.17) is 9.52 Å². The van der Waals surface area contributed by atoms with Crippen molar-refractivity contribution in [1.29, 1.82) is 0 Å². The second-order valence-corrected chi connectivity index (χ2v) is 2.98. The van der Waals surface area contributed by atoms with E-state index >= 15 is 0 Å². The van der Waals surface area contributed by atoms with Gasteiger partial charge in [0.1, 0.15) is 12.4 Å². The lowest BCUT2D eigenvalue weighted by Gasteiger charge is -1.97. The first-order valence-corrected chi connectivity index (χ1v) is 3.77. The van der Waals surface area contributed by atoms with Gasteiger partial charge in [0, 0.05) is 6.42 Å². The Morgan fingerprint density at radius 1 is 1.64 bits per heavy atom. The fourth-order valence-corrected chi connectivity index (χ4v) is 0.918. The molecule has 1 heterocycles. The quantitative estimate of drug-likeness (QED) is 0.717. The van der Waals surface area contributed by atoms with Crippen molar-refractivity contribution in [3.05, 3.63) is 17.8 Å². The standard InChI is InChI=1S/C8H13NO2/c1-6(2)3-7-4-9-8(5-10)11-7/h4,6,10H,3,5H2,1-2H3. The molecule has 0 saturated heterocycles. The SMILES string of the molecule is CC(C)Cc1cnc(CO)o1. The van der Waals surface area contributed by atoms with E-state index in [0.29, 0.717) is 11.8 Å². The first-order valence-electron chi connectivity index (χ1n) is 3.77. The predicted molar refractivity (Wildman–Crippen MR) is 41.0 cm³/mol. The molecule has 1 aromatic rings. The lowest BCUT2D eigenvalue weighted by Crippen LogP contribution is -1.91. The monoisotopic (exact) mass is 155 g/mol. The predicted octanol–water partition coefficient (Wildman–Crippen LogP) is 1.37. The summed E-state index contributed by atoms with van der Waals surface area (Å²) in [6.07, 6.45) is 2.55. The molecule has 0 bridgehead atoms. The van der Waals surface area contributed by atoms with E-state index in [1.165, 1.54) is 0 Å².